The number of phenolic OH excluding ortho intramolecular Hbond substituents is 2. The monoisotopic (exact) mass is 290 g/mol. The van der Waals surface area contributed by atoms with Gasteiger partial charge in [0.1, 0.15) is 0 Å². The molecule has 0 heterocycles. The number of rotatable bonds is 2. The summed E-state index contributed by atoms with van der Waals surface area (Å²) in [6, 6.07) is 12.6. The van der Waals surface area contributed by atoms with Crippen LogP contribution in [0.3, 0.4) is 0 Å². The van der Waals surface area contributed by atoms with Gasteiger partial charge in [-0.3, -0.25) is 0 Å². The second-order valence-corrected chi connectivity index (χ2v) is 4.55. The summed E-state index contributed by atoms with van der Waals surface area (Å²) in [6.07, 6.45) is 3.82. The summed E-state index contributed by atoms with van der Waals surface area (Å²) < 4.78 is 1.04. The first-order chi connectivity index (χ1) is 8.15. The summed E-state index contributed by atoms with van der Waals surface area (Å²) in [5.41, 5.74) is 1.91. The van der Waals surface area contributed by atoms with Gasteiger partial charge in [-0.1, -0.05) is 46.3 Å². The zero-order chi connectivity index (χ0) is 12.3. The average molecular weight is 291 g/mol. The van der Waals surface area contributed by atoms with Gasteiger partial charge < -0.3 is 10.2 Å². The van der Waals surface area contributed by atoms with Crippen molar-refractivity contribution in [3.63, 3.8) is 0 Å². The van der Waals surface area contributed by atoms with Crippen LogP contribution < -0.4 is 0 Å². The van der Waals surface area contributed by atoms with Gasteiger partial charge in [0.25, 0.3) is 0 Å². The van der Waals surface area contributed by atoms with Gasteiger partial charge in [-0.15, -0.1) is 0 Å². The molecule has 0 atom stereocenters. The lowest BCUT2D eigenvalue weighted by molar-refractivity contribution is 0.403. The Morgan fingerprint density at radius 2 is 1.35 bits per heavy atom. The van der Waals surface area contributed by atoms with Gasteiger partial charge in [0, 0.05) is 4.47 Å². The quantitative estimate of drug-likeness (QED) is 0.648. The molecule has 0 amide bonds. The minimum Gasteiger partial charge on any atom is -0.504 e. The van der Waals surface area contributed by atoms with Gasteiger partial charge in [0.05, 0.1) is 0 Å². The van der Waals surface area contributed by atoms with Crippen molar-refractivity contribution in [2.24, 2.45) is 0 Å². The molecule has 0 aliphatic heterocycles. The molecule has 0 spiro atoms. The first-order valence-electron chi connectivity index (χ1n) is 5.11. The maximum Gasteiger partial charge on any atom is 0.157 e. The molecule has 2 aromatic carbocycles. The van der Waals surface area contributed by atoms with Gasteiger partial charge in [0.2, 0.25) is 0 Å². The predicted molar refractivity (Wildman–Crippen MR) is 72.8 cm³/mol. The van der Waals surface area contributed by atoms with E-state index in [0.717, 1.165) is 15.6 Å². The molecule has 0 bridgehead atoms. The van der Waals surface area contributed by atoms with Crippen molar-refractivity contribution in [1.29, 1.82) is 0 Å². The highest BCUT2D eigenvalue weighted by Crippen LogP contribution is 2.25. The zero-order valence-electron chi connectivity index (χ0n) is 8.97. The first-order valence-corrected chi connectivity index (χ1v) is 5.90. The van der Waals surface area contributed by atoms with Crippen LogP contribution in [0.15, 0.2) is 46.9 Å². The molecular weight excluding hydrogens is 280 g/mol. The van der Waals surface area contributed by atoms with Gasteiger partial charge in [-0.05, 0) is 35.4 Å². The van der Waals surface area contributed by atoms with Crippen LogP contribution in [0.25, 0.3) is 12.2 Å². The Bertz CT molecular complexity index is 545. The SMILES string of the molecule is Oc1ccc(C=Cc2ccc(Br)cc2)cc1O. The highest BCUT2D eigenvalue weighted by molar-refractivity contribution is 9.10. The third-order valence-electron chi connectivity index (χ3n) is 2.34. The van der Waals surface area contributed by atoms with E-state index in [0.29, 0.717) is 0 Å². The molecule has 0 saturated carbocycles. The normalized spacial score (nSPS) is 10.9. The minimum atomic E-state index is -0.108. The molecule has 0 aliphatic rings. The Hall–Kier alpha value is -1.74. The second kappa shape index (κ2) is 5.06. The number of hydrogen-bond acceptors (Lipinski definition) is 2. The Kier molecular flexibility index (Phi) is 3.49. The van der Waals surface area contributed by atoms with Crippen LogP contribution in [0.1, 0.15) is 11.1 Å². The maximum atomic E-state index is 9.34. The van der Waals surface area contributed by atoms with Gasteiger partial charge in [-0.2, -0.15) is 0 Å². The molecule has 0 aliphatic carbocycles. The molecule has 0 unspecified atom stereocenters. The molecule has 2 rings (SSSR count). The smallest absolute Gasteiger partial charge is 0.157 e. The van der Waals surface area contributed by atoms with Crippen molar-refractivity contribution in [2.75, 3.05) is 0 Å². The number of hydrogen-bond donors (Lipinski definition) is 2. The van der Waals surface area contributed by atoms with E-state index in [1.54, 1.807) is 6.07 Å². The first kappa shape index (κ1) is 11.7. The summed E-state index contributed by atoms with van der Waals surface area (Å²) in [5.74, 6) is -0.214. The molecule has 17 heavy (non-hydrogen) atoms. The third-order valence-corrected chi connectivity index (χ3v) is 2.87. The summed E-state index contributed by atoms with van der Waals surface area (Å²) in [6.45, 7) is 0. The molecule has 2 aromatic rings. The molecule has 0 fully saturated rings. The molecule has 3 heteroatoms. The van der Waals surface area contributed by atoms with E-state index in [-0.39, 0.29) is 11.5 Å². The Morgan fingerprint density at radius 3 is 2.00 bits per heavy atom. The second-order valence-electron chi connectivity index (χ2n) is 3.63. The largest absolute Gasteiger partial charge is 0.504 e. The van der Waals surface area contributed by atoms with Crippen molar-refractivity contribution < 1.29 is 10.2 Å². The molecule has 0 aromatic heterocycles. The molecule has 0 saturated heterocycles. The van der Waals surface area contributed by atoms with E-state index in [9.17, 15) is 10.2 Å². The van der Waals surface area contributed by atoms with Gasteiger partial charge in [-0.25, -0.2) is 0 Å². The molecule has 2 nitrogen and oxygen atoms in total. The van der Waals surface area contributed by atoms with E-state index >= 15 is 0 Å². The molecule has 0 radical (unpaired) electrons. The fourth-order valence-corrected chi connectivity index (χ4v) is 1.67. The van der Waals surface area contributed by atoms with Crippen molar-refractivity contribution in [3.05, 3.63) is 58.1 Å². The standard InChI is InChI=1S/C14H11BrO2/c15-12-6-3-10(4-7-12)1-2-11-5-8-13(16)14(17)9-11/h1-9,16-17H. The Balaban J connectivity index is 2.20. The van der Waals surface area contributed by atoms with E-state index in [1.807, 2.05) is 36.4 Å². The van der Waals surface area contributed by atoms with Crippen LogP contribution >= 0.6 is 15.9 Å². The number of benzene rings is 2. The van der Waals surface area contributed by atoms with Crippen LogP contribution in [-0.4, -0.2) is 10.2 Å². The van der Waals surface area contributed by atoms with E-state index in [2.05, 4.69) is 15.9 Å². The van der Waals surface area contributed by atoms with Crippen LogP contribution in [0.5, 0.6) is 11.5 Å². The fraction of sp³-hybridized carbons (Fsp3) is 0. The Labute approximate surface area is 108 Å². The Morgan fingerprint density at radius 1 is 0.765 bits per heavy atom. The van der Waals surface area contributed by atoms with Crippen LogP contribution in [0.4, 0.5) is 0 Å². The lowest BCUT2D eigenvalue weighted by Gasteiger charge is -1.99. The summed E-state index contributed by atoms with van der Waals surface area (Å²) in [5, 5.41) is 18.5. The summed E-state index contributed by atoms with van der Waals surface area (Å²) in [4.78, 5) is 0. The summed E-state index contributed by atoms with van der Waals surface area (Å²) in [7, 11) is 0. The third kappa shape index (κ3) is 3.11. The minimum absolute atomic E-state index is 0.106. The number of aromatic hydroxyl groups is 2. The topological polar surface area (TPSA) is 40.5 Å². The van der Waals surface area contributed by atoms with Crippen LogP contribution in [-0.2, 0) is 0 Å². The zero-order valence-corrected chi connectivity index (χ0v) is 10.6. The average Bonchev–Trinajstić information content (AvgIpc) is 2.33. The van der Waals surface area contributed by atoms with Crippen molar-refractivity contribution in [3.8, 4) is 11.5 Å². The van der Waals surface area contributed by atoms with Crippen molar-refractivity contribution >= 4 is 28.1 Å². The van der Waals surface area contributed by atoms with E-state index < -0.39 is 0 Å². The molecular formula is C14H11BrO2. The van der Waals surface area contributed by atoms with Crippen molar-refractivity contribution in [1.82, 2.24) is 0 Å². The molecule has 2 N–H and O–H groups in total. The fourth-order valence-electron chi connectivity index (χ4n) is 1.41. The van der Waals surface area contributed by atoms with Gasteiger partial charge >= 0.3 is 0 Å². The molecule has 86 valence electrons. The van der Waals surface area contributed by atoms with Crippen LogP contribution in [0, 0.1) is 0 Å². The lowest BCUT2D eigenvalue weighted by atomic mass is 10.1. The van der Waals surface area contributed by atoms with Crippen molar-refractivity contribution in [2.45, 2.75) is 0 Å². The lowest BCUT2D eigenvalue weighted by Crippen LogP contribution is -1.74. The number of phenols is 2. The maximum absolute atomic E-state index is 9.34. The van der Waals surface area contributed by atoms with Crippen LogP contribution in [0.2, 0.25) is 0 Å². The highest BCUT2D eigenvalue weighted by Gasteiger charge is 1.97. The summed E-state index contributed by atoms with van der Waals surface area (Å²) >= 11 is 3.37. The number of halogens is 1. The van der Waals surface area contributed by atoms with E-state index in [4.69, 9.17) is 0 Å². The predicted octanol–water partition coefficient (Wildman–Crippen LogP) is 4.03. The highest BCUT2D eigenvalue weighted by atomic mass is 79.9. The van der Waals surface area contributed by atoms with E-state index in [1.165, 1.54) is 12.1 Å². The van der Waals surface area contributed by atoms with Gasteiger partial charge in [0.15, 0.2) is 11.5 Å².